The second-order valence-corrected chi connectivity index (χ2v) is 8.19. The lowest BCUT2D eigenvalue weighted by Crippen LogP contribution is -2.62. The van der Waals surface area contributed by atoms with Crippen LogP contribution in [0.15, 0.2) is 18.2 Å². The van der Waals surface area contributed by atoms with Gasteiger partial charge < -0.3 is 24.6 Å². The second kappa shape index (κ2) is 9.22. The zero-order valence-corrected chi connectivity index (χ0v) is 17.9. The molecule has 2 fully saturated rings. The van der Waals surface area contributed by atoms with Crippen LogP contribution in [0.1, 0.15) is 12.5 Å². The number of morpholine rings is 1. The Morgan fingerprint density at radius 1 is 1.20 bits per heavy atom. The Kier molecular flexibility index (Phi) is 6.43. The third-order valence-corrected chi connectivity index (χ3v) is 6.42. The van der Waals surface area contributed by atoms with Crippen LogP contribution in [-0.4, -0.2) is 93.8 Å². The van der Waals surface area contributed by atoms with Gasteiger partial charge in [-0.1, -0.05) is 6.07 Å². The molecule has 0 saturated carbocycles. The standard InChI is InChI=1S/C22H32N4O4/c1-3-23-22(28)18-12-16-4-5-17(29-2)13-19(16)26-7-6-24(14-20(18)26)15-21(27)25-8-10-30-11-9-25/h4-5,13,18,20H,3,6-12,14-15H2,1-2H3,(H,23,28)/t18-,20-/m1/s1. The number of ether oxygens (including phenoxy) is 2. The van der Waals surface area contributed by atoms with Crippen LogP contribution >= 0.6 is 0 Å². The summed E-state index contributed by atoms with van der Waals surface area (Å²) >= 11 is 0. The Labute approximate surface area is 178 Å². The molecule has 3 aliphatic rings. The first-order valence-corrected chi connectivity index (χ1v) is 10.9. The first kappa shape index (κ1) is 20.9. The molecule has 0 unspecified atom stereocenters. The molecule has 164 valence electrons. The Hall–Kier alpha value is -2.32. The van der Waals surface area contributed by atoms with E-state index >= 15 is 0 Å². The molecule has 0 spiro atoms. The molecule has 3 aliphatic heterocycles. The molecular formula is C22H32N4O4. The molecule has 8 heteroatoms. The summed E-state index contributed by atoms with van der Waals surface area (Å²) < 4.78 is 10.8. The number of hydrogen-bond acceptors (Lipinski definition) is 6. The fourth-order valence-electron chi connectivity index (χ4n) is 4.82. The van der Waals surface area contributed by atoms with Crippen molar-refractivity contribution < 1.29 is 19.1 Å². The summed E-state index contributed by atoms with van der Waals surface area (Å²) in [6.45, 7) is 7.81. The lowest BCUT2D eigenvalue weighted by atomic mass is 9.83. The molecule has 1 aromatic carbocycles. The van der Waals surface area contributed by atoms with Gasteiger partial charge in [0.05, 0.1) is 38.8 Å². The van der Waals surface area contributed by atoms with Gasteiger partial charge in [-0.3, -0.25) is 14.5 Å². The van der Waals surface area contributed by atoms with Crippen molar-refractivity contribution in [3.63, 3.8) is 0 Å². The van der Waals surface area contributed by atoms with Crippen LogP contribution in [0.4, 0.5) is 5.69 Å². The number of nitrogens with one attached hydrogen (secondary N) is 1. The maximum atomic E-state index is 12.9. The number of methoxy groups -OCH3 is 1. The quantitative estimate of drug-likeness (QED) is 0.747. The first-order valence-electron chi connectivity index (χ1n) is 10.9. The van der Waals surface area contributed by atoms with E-state index in [4.69, 9.17) is 9.47 Å². The third kappa shape index (κ3) is 4.25. The van der Waals surface area contributed by atoms with Gasteiger partial charge in [-0.15, -0.1) is 0 Å². The zero-order chi connectivity index (χ0) is 21.1. The van der Waals surface area contributed by atoms with Crippen molar-refractivity contribution in [1.29, 1.82) is 0 Å². The van der Waals surface area contributed by atoms with Crippen LogP contribution in [0.5, 0.6) is 5.75 Å². The highest BCUT2D eigenvalue weighted by molar-refractivity contribution is 5.82. The maximum absolute atomic E-state index is 12.9. The molecule has 1 N–H and O–H groups in total. The first-order chi connectivity index (χ1) is 14.6. The predicted molar refractivity (Wildman–Crippen MR) is 114 cm³/mol. The van der Waals surface area contributed by atoms with Crippen LogP contribution in [0.25, 0.3) is 0 Å². The number of nitrogens with zero attached hydrogens (tertiary/aromatic N) is 3. The summed E-state index contributed by atoms with van der Waals surface area (Å²) in [6, 6.07) is 6.16. The largest absolute Gasteiger partial charge is 0.497 e. The molecule has 0 aliphatic carbocycles. The Balaban J connectivity index is 1.52. The van der Waals surface area contributed by atoms with Gasteiger partial charge in [0.2, 0.25) is 11.8 Å². The Morgan fingerprint density at radius 2 is 2.00 bits per heavy atom. The molecule has 2 saturated heterocycles. The minimum absolute atomic E-state index is 0.0439. The molecule has 0 aromatic heterocycles. The van der Waals surface area contributed by atoms with Crippen molar-refractivity contribution in [3.8, 4) is 5.75 Å². The molecular weight excluding hydrogens is 384 g/mol. The molecule has 8 nitrogen and oxygen atoms in total. The highest BCUT2D eigenvalue weighted by atomic mass is 16.5. The average Bonchev–Trinajstić information content (AvgIpc) is 2.78. The number of hydrogen-bond donors (Lipinski definition) is 1. The van der Waals surface area contributed by atoms with Gasteiger partial charge in [-0.2, -0.15) is 0 Å². The lowest BCUT2D eigenvalue weighted by molar-refractivity contribution is -0.136. The third-order valence-electron chi connectivity index (χ3n) is 6.42. The molecule has 2 amide bonds. The lowest BCUT2D eigenvalue weighted by Gasteiger charge is -2.49. The summed E-state index contributed by atoms with van der Waals surface area (Å²) in [4.78, 5) is 32.1. The van der Waals surface area contributed by atoms with Gasteiger partial charge >= 0.3 is 0 Å². The number of fused-ring (bicyclic) bond motifs is 3. The van der Waals surface area contributed by atoms with Crippen LogP contribution in [0, 0.1) is 5.92 Å². The van der Waals surface area contributed by atoms with Crippen molar-refractivity contribution >= 4 is 17.5 Å². The van der Waals surface area contributed by atoms with Crippen molar-refractivity contribution in [1.82, 2.24) is 15.1 Å². The number of carbonyl (C=O) groups excluding carboxylic acids is 2. The van der Waals surface area contributed by atoms with Crippen molar-refractivity contribution in [3.05, 3.63) is 23.8 Å². The van der Waals surface area contributed by atoms with Gasteiger partial charge in [-0.05, 0) is 25.0 Å². The van der Waals surface area contributed by atoms with E-state index in [1.165, 1.54) is 5.56 Å². The van der Waals surface area contributed by atoms with Crippen molar-refractivity contribution in [2.45, 2.75) is 19.4 Å². The van der Waals surface area contributed by atoms with E-state index in [0.717, 1.165) is 24.5 Å². The Morgan fingerprint density at radius 3 is 2.73 bits per heavy atom. The fourth-order valence-corrected chi connectivity index (χ4v) is 4.82. The number of amides is 2. The smallest absolute Gasteiger partial charge is 0.236 e. The summed E-state index contributed by atoms with van der Waals surface area (Å²) in [6.07, 6.45) is 0.706. The van der Waals surface area contributed by atoms with Gasteiger partial charge in [-0.25, -0.2) is 0 Å². The second-order valence-electron chi connectivity index (χ2n) is 8.19. The van der Waals surface area contributed by atoms with Crippen LogP contribution in [0.2, 0.25) is 0 Å². The Bertz CT molecular complexity index is 780. The molecule has 0 radical (unpaired) electrons. The highest BCUT2D eigenvalue weighted by Gasteiger charge is 2.42. The van der Waals surface area contributed by atoms with E-state index in [-0.39, 0.29) is 23.8 Å². The molecule has 4 rings (SSSR count). The molecule has 1 aromatic rings. The van der Waals surface area contributed by atoms with Gasteiger partial charge in [0.1, 0.15) is 5.75 Å². The van der Waals surface area contributed by atoms with Gasteiger partial charge in [0.25, 0.3) is 0 Å². The van der Waals surface area contributed by atoms with E-state index in [2.05, 4.69) is 27.2 Å². The topological polar surface area (TPSA) is 74.4 Å². The minimum Gasteiger partial charge on any atom is -0.497 e. The average molecular weight is 417 g/mol. The minimum atomic E-state index is -0.132. The van der Waals surface area contributed by atoms with Gasteiger partial charge in [0, 0.05) is 51.0 Å². The number of carbonyl (C=O) groups is 2. The number of piperazine rings is 1. The predicted octanol–water partition coefficient (Wildman–Crippen LogP) is 0.353. The van der Waals surface area contributed by atoms with Crippen molar-refractivity contribution in [2.24, 2.45) is 5.92 Å². The summed E-state index contributed by atoms with van der Waals surface area (Å²) in [5.74, 6) is 0.940. The summed E-state index contributed by atoms with van der Waals surface area (Å²) in [5.41, 5.74) is 2.33. The molecule has 2 atom stereocenters. The van der Waals surface area contributed by atoms with Crippen LogP contribution < -0.4 is 15.0 Å². The van der Waals surface area contributed by atoms with E-state index in [1.54, 1.807) is 7.11 Å². The van der Waals surface area contributed by atoms with Crippen molar-refractivity contribution in [2.75, 3.05) is 71.0 Å². The van der Waals surface area contributed by atoms with E-state index in [1.807, 2.05) is 17.9 Å². The zero-order valence-electron chi connectivity index (χ0n) is 17.9. The highest BCUT2D eigenvalue weighted by Crippen LogP contribution is 2.38. The van der Waals surface area contributed by atoms with E-state index < -0.39 is 0 Å². The monoisotopic (exact) mass is 416 g/mol. The molecule has 0 bridgehead atoms. The maximum Gasteiger partial charge on any atom is 0.236 e. The van der Waals surface area contributed by atoms with Gasteiger partial charge in [0.15, 0.2) is 0 Å². The number of anilines is 1. The molecule has 30 heavy (non-hydrogen) atoms. The van der Waals surface area contributed by atoms with Crippen LogP contribution in [0.3, 0.4) is 0 Å². The number of rotatable bonds is 5. The summed E-state index contributed by atoms with van der Waals surface area (Å²) in [7, 11) is 1.68. The number of benzene rings is 1. The molecule has 3 heterocycles. The normalized spacial score (nSPS) is 24.1. The van der Waals surface area contributed by atoms with E-state index in [0.29, 0.717) is 52.4 Å². The fraction of sp³-hybridized carbons (Fsp3) is 0.636. The van der Waals surface area contributed by atoms with Crippen LogP contribution in [-0.2, 0) is 20.7 Å². The summed E-state index contributed by atoms with van der Waals surface area (Å²) in [5, 5.41) is 3.01. The SMILES string of the molecule is CCNC(=O)[C@@H]1Cc2ccc(OC)cc2N2CCN(CC(=O)N3CCOCC3)C[C@H]12. The van der Waals surface area contributed by atoms with E-state index in [9.17, 15) is 9.59 Å².